The van der Waals surface area contributed by atoms with Crippen LogP contribution in [0.5, 0.6) is 0 Å². The molecule has 3 aromatic rings. The number of para-hydroxylation sites is 1. The van der Waals surface area contributed by atoms with Crippen molar-refractivity contribution in [2.24, 2.45) is 0 Å². The number of benzene rings is 3. The fourth-order valence-electron chi connectivity index (χ4n) is 9.50. The van der Waals surface area contributed by atoms with Gasteiger partial charge in [-0.2, -0.15) is 13.0 Å². The van der Waals surface area contributed by atoms with E-state index >= 15 is 0 Å². The normalized spacial score (nSPS) is 28.4. The molecule has 0 aliphatic carbocycles. The van der Waals surface area contributed by atoms with Gasteiger partial charge in [-0.25, -0.2) is 0 Å². The van der Waals surface area contributed by atoms with Crippen LogP contribution >= 0.6 is 0 Å². The van der Waals surface area contributed by atoms with Gasteiger partial charge in [0.25, 0.3) is 10.1 Å². The van der Waals surface area contributed by atoms with E-state index in [0.717, 1.165) is 45.2 Å². The van der Waals surface area contributed by atoms with E-state index in [0.29, 0.717) is 12.8 Å². The molecular weight excluding hydrogens is 580 g/mol. The molecule has 1 N–H and O–H groups in total. The van der Waals surface area contributed by atoms with Crippen molar-refractivity contribution in [3.05, 3.63) is 94.7 Å². The highest BCUT2D eigenvalue weighted by Gasteiger charge is 2.56. The third kappa shape index (κ3) is 4.34. The lowest BCUT2D eigenvalue weighted by molar-refractivity contribution is -0.443. The average Bonchev–Trinajstić information content (AvgIpc) is 3.44. The second kappa shape index (κ2) is 10.4. The molecule has 45 heavy (non-hydrogen) atoms. The number of nitrogens with zero attached hydrogens (tertiary/aromatic N) is 2. The van der Waals surface area contributed by atoms with Gasteiger partial charge in [0.1, 0.15) is 0 Å². The Morgan fingerprint density at radius 1 is 0.933 bits per heavy atom. The highest BCUT2D eigenvalue weighted by atomic mass is 32.2. The fourth-order valence-corrected chi connectivity index (χ4v) is 10.1. The van der Waals surface area contributed by atoms with Crippen molar-refractivity contribution in [2.45, 2.75) is 88.8 Å². The van der Waals surface area contributed by atoms with Crippen LogP contribution in [0.3, 0.4) is 0 Å². The molecule has 0 saturated heterocycles. The Kier molecular flexibility index (Phi) is 6.73. The quantitative estimate of drug-likeness (QED) is 0.167. The summed E-state index contributed by atoms with van der Waals surface area (Å²) in [7, 11) is -3.99. The van der Waals surface area contributed by atoms with Gasteiger partial charge in [-0.3, -0.25) is 4.55 Å². The summed E-state index contributed by atoms with van der Waals surface area (Å²) in [4.78, 5) is 2.58. The van der Waals surface area contributed by atoms with Gasteiger partial charge in [0.05, 0.1) is 28.8 Å². The zero-order chi connectivity index (χ0) is 31.1. The van der Waals surface area contributed by atoms with Crippen LogP contribution in [0, 0.1) is 0 Å². The molecule has 0 spiro atoms. The molecule has 0 bridgehead atoms. The van der Waals surface area contributed by atoms with Crippen LogP contribution < -0.4 is 4.90 Å². The fraction of sp³-hybridized carbons (Fsp3) is 0.447. The van der Waals surface area contributed by atoms with Crippen molar-refractivity contribution < 1.29 is 22.3 Å². The number of ether oxygens (including phenoxy) is 1. The minimum absolute atomic E-state index is 0.0380. The standard InChI is InChI=1S/C38H42N2O4S/c1-4-19-37(2)29-13-7-8-14-31(29)39-21-17-32-27(35(37)39)24-28-33(44-32)18-22-40-34-26-12-6-5-11-25(26)15-16-30(34)38(3,36(28)40)20-9-10-23-45(41,42)43/h5-8,11-16,24,32-33H,4,9-10,17-23H2,1-3H3/p+1. The second-order valence-electron chi connectivity index (χ2n) is 14.1. The number of fused-ring (bicyclic) bond motifs is 10. The van der Waals surface area contributed by atoms with Crippen molar-refractivity contribution >= 4 is 38.0 Å². The van der Waals surface area contributed by atoms with Gasteiger partial charge in [-0.1, -0.05) is 68.3 Å². The summed E-state index contributed by atoms with van der Waals surface area (Å²) < 4.78 is 42.3. The Labute approximate surface area is 266 Å². The molecule has 0 saturated carbocycles. The maximum atomic E-state index is 11.6. The lowest BCUT2D eigenvalue weighted by Gasteiger charge is -2.43. The monoisotopic (exact) mass is 623 g/mol. The van der Waals surface area contributed by atoms with Gasteiger partial charge in [0.15, 0.2) is 12.3 Å². The van der Waals surface area contributed by atoms with Crippen molar-refractivity contribution in [3.63, 3.8) is 0 Å². The highest BCUT2D eigenvalue weighted by Crippen LogP contribution is 2.56. The van der Waals surface area contributed by atoms with Crippen molar-refractivity contribution in [2.75, 3.05) is 23.7 Å². The molecule has 0 fully saturated rings. The second-order valence-corrected chi connectivity index (χ2v) is 15.7. The van der Waals surface area contributed by atoms with E-state index in [1.807, 2.05) is 0 Å². The third-order valence-corrected chi connectivity index (χ3v) is 12.1. The van der Waals surface area contributed by atoms with E-state index in [2.05, 4.69) is 97.0 Å². The van der Waals surface area contributed by atoms with Gasteiger partial charge < -0.3 is 9.64 Å². The first-order valence-electron chi connectivity index (χ1n) is 16.8. The van der Waals surface area contributed by atoms with Crippen LogP contribution in [-0.2, 0) is 25.7 Å². The molecule has 3 aromatic carbocycles. The molecule has 7 heteroatoms. The van der Waals surface area contributed by atoms with Gasteiger partial charge in [-0.05, 0) is 68.7 Å². The van der Waals surface area contributed by atoms with Crippen LogP contribution in [0.25, 0.3) is 10.8 Å². The molecule has 4 atom stereocenters. The van der Waals surface area contributed by atoms with Crippen LogP contribution in [0.4, 0.5) is 11.4 Å². The minimum Gasteiger partial charge on any atom is -0.365 e. The van der Waals surface area contributed by atoms with Gasteiger partial charge in [-0.15, -0.1) is 0 Å². The molecule has 0 amide bonds. The van der Waals surface area contributed by atoms with E-state index < -0.39 is 10.1 Å². The molecule has 5 aliphatic rings. The summed E-state index contributed by atoms with van der Waals surface area (Å²) in [6, 6.07) is 22.1. The number of anilines is 1. The van der Waals surface area contributed by atoms with Crippen molar-refractivity contribution in [1.82, 2.24) is 0 Å². The number of hydrogen-bond donors (Lipinski definition) is 1. The molecule has 5 heterocycles. The van der Waals surface area contributed by atoms with Crippen molar-refractivity contribution in [3.8, 4) is 0 Å². The topological polar surface area (TPSA) is 69.8 Å². The first-order valence-corrected chi connectivity index (χ1v) is 18.4. The van der Waals surface area contributed by atoms with Crippen LogP contribution in [0.15, 0.2) is 83.6 Å². The van der Waals surface area contributed by atoms with Crippen molar-refractivity contribution in [1.29, 1.82) is 0 Å². The SMILES string of the molecule is CCCC1(C)C2=C3C=C4C5=[N+](CCC4OC3CCN2c2ccccc21)c1c(ccc2ccccc12)C5(C)CCCCS(=O)(=O)O. The summed E-state index contributed by atoms with van der Waals surface area (Å²) in [6.07, 6.45) is 8.69. The third-order valence-electron chi connectivity index (χ3n) is 11.3. The summed E-state index contributed by atoms with van der Waals surface area (Å²) in [5.74, 6) is -0.203. The number of unbranched alkanes of at least 4 members (excludes halogenated alkanes) is 1. The van der Waals surface area contributed by atoms with Gasteiger partial charge >= 0.3 is 0 Å². The molecule has 0 radical (unpaired) electrons. The van der Waals surface area contributed by atoms with E-state index in [1.54, 1.807) is 0 Å². The van der Waals surface area contributed by atoms with Crippen LogP contribution in [0.1, 0.15) is 76.8 Å². The summed E-state index contributed by atoms with van der Waals surface area (Å²) in [6.45, 7) is 8.93. The largest absolute Gasteiger partial charge is 0.365 e. The molecule has 4 unspecified atom stereocenters. The molecule has 0 aromatic heterocycles. The zero-order valence-corrected chi connectivity index (χ0v) is 27.4. The molecule has 234 valence electrons. The average molecular weight is 624 g/mol. The smallest absolute Gasteiger partial charge is 0.264 e. The Balaban J connectivity index is 1.32. The lowest BCUT2D eigenvalue weighted by Crippen LogP contribution is -2.48. The van der Waals surface area contributed by atoms with Crippen LogP contribution in [0.2, 0.25) is 0 Å². The predicted molar refractivity (Wildman–Crippen MR) is 180 cm³/mol. The Bertz CT molecular complexity index is 1940. The lowest BCUT2D eigenvalue weighted by atomic mass is 9.70. The zero-order valence-electron chi connectivity index (χ0n) is 26.6. The molecule has 8 rings (SSSR count). The first kappa shape index (κ1) is 29.2. The summed E-state index contributed by atoms with van der Waals surface area (Å²) in [5, 5.41) is 2.49. The Morgan fingerprint density at radius 3 is 2.56 bits per heavy atom. The summed E-state index contributed by atoms with van der Waals surface area (Å²) in [5.41, 5.74) is 10.3. The Morgan fingerprint density at radius 2 is 1.73 bits per heavy atom. The first-order chi connectivity index (χ1) is 21.6. The van der Waals surface area contributed by atoms with E-state index in [1.165, 1.54) is 55.8 Å². The highest BCUT2D eigenvalue weighted by molar-refractivity contribution is 7.85. The molecule has 5 aliphatic heterocycles. The van der Waals surface area contributed by atoms with Gasteiger partial charge in [0, 0.05) is 46.5 Å². The Hall–Kier alpha value is -3.26. The number of rotatable bonds is 7. The van der Waals surface area contributed by atoms with Crippen LogP contribution in [-0.4, -0.2) is 54.3 Å². The molecular formula is C38H43N2O4S+. The number of hydrogen-bond acceptors (Lipinski definition) is 4. The molecule has 6 nitrogen and oxygen atoms in total. The van der Waals surface area contributed by atoms with E-state index in [9.17, 15) is 13.0 Å². The number of allylic oxidation sites excluding steroid dienone is 1. The van der Waals surface area contributed by atoms with E-state index in [4.69, 9.17) is 4.74 Å². The maximum absolute atomic E-state index is 11.6. The van der Waals surface area contributed by atoms with Gasteiger partial charge in [0.2, 0.25) is 5.69 Å². The minimum atomic E-state index is -3.99. The van der Waals surface area contributed by atoms with E-state index in [-0.39, 0.29) is 28.8 Å². The maximum Gasteiger partial charge on any atom is 0.264 e. The predicted octanol–water partition coefficient (Wildman–Crippen LogP) is 7.59. The summed E-state index contributed by atoms with van der Waals surface area (Å²) >= 11 is 0.